The molecule has 0 aliphatic carbocycles. The zero-order chi connectivity index (χ0) is 12.3. The van der Waals surface area contributed by atoms with Crippen LogP contribution in [0.4, 0.5) is 11.4 Å². The molecule has 0 aliphatic heterocycles. The number of nitrogens with zero attached hydrogens (tertiary/aromatic N) is 2. The van der Waals surface area contributed by atoms with Gasteiger partial charge in [0.25, 0.3) is 0 Å². The first-order chi connectivity index (χ1) is 8.22. The Morgan fingerprint density at radius 2 is 1.88 bits per heavy atom. The summed E-state index contributed by atoms with van der Waals surface area (Å²) in [7, 11) is 1.97. The number of aryl methyl sites for hydroxylation is 1. The molecule has 88 valence electrons. The standard InChI is InChI=1S/C14H16N2O/c1-11-3-5-13(6-4-11)16(2)14-9-15-8-7-12(14)10-17/h3-9,17H,10H2,1-2H3. The van der Waals surface area contributed by atoms with E-state index in [2.05, 4.69) is 36.2 Å². The van der Waals surface area contributed by atoms with Gasteiger partial charge in [0.2, 0.25) is 0 Å². The van der Waals surface area contributed by atoms with Crippen LogP contribution in [-0.2, 0) is 6.61 Å². The molecule has 0 aliphatic rings. The van der Waals surface area contributed by atoms with E-state index in [0.717, 1.165) is 16.9 Å². The Hall–Kier alpha value is -1.87. The van der Waals surface area contributed by atoms with Crippen molar-refractivity contribution < 1.29 is 5.11 Å². The quantitative estimate of drug-likeness (QED) is 0.877. The number of anilines is 2. The largest absolute Gasteiger partial charge is 0.392 e. The van der Waals surface area contributed by atoms with Crippen molar-refractivity contribution in [3.63, 3.8) is 0 Å². The fourth-order valence-electron chi connectivity index (χ4n) is 1.76. The van der Waals surface area contributed by atoms with E-state index in [9.17, 15) is 5.11 Å². The predicted octanol–water partition coefficient (Wildman–Crippen LogP) is 2.65. The highest BCUT2D eigenvalue weighted by atomic mass is 16.3. The van der Waals surface area contributed by atoms with Crippen molar-refractivity contribution in [1.82, 2.24) is 4.98 Å². The van der Waals surface area contributed by atoms with E-state index in [1.165, 1.54) is 5.56 Å². The lowest BCUT2D eigenvalue weighted by molar-refractivity contribution is 0.282. The van der Waals surface area contributed by atoms with Crippen LogP contribution in [-0.4, -0.2) is 17.1 Å². The molecule has 1 heterocycles. The van der Waals surface area contributed by atoms with Gasteiger partial charge < -0.3 is 10.0 Å². The number of pyridine rings is 1. The van der Waals surface area contributed by atoms with Crippen molar-refractivity contribution in [1.29, 1.82) is 0 Å². The molecule has 0 amide bonds. The summed E-state index contributed by atoms with van der Waals surface area (Å²) in [6.45, 7) is 2.08. The first-order valence-corrected chi connectivity index (χ1v) is 5.56. The van der Waals surface area contributed by atoms with Gasteiger partial charge >= 0.3 is 0 Å². The van der Waals surface area contributed by atoms with Crippen LogP contribution in [0.25, 0.3) is 0 Å². The first kappa shape index (κ1) is 11.6. The van der Waals surface area contributed by atoms with E-state index >= 15 is 0 Å². The Morgan fingerprint density at radius 3 is 2.53 bits per heavy atom. The summed E-state index contributed by atoms with van der Waals surface area (Å²) in [5.74, 6) is 0. The van der Waals surface area contributed by atoms with Crippen molar-refractivity contribution in [2.45, 2.75) is 13.5 Å². The Balaban J connectivity index is 2.36. The normalized spacial score (nSPS) is 10.3. The molecule has 0 unspecified atom stereocenters. The molecule has 1 aromatic carbocycles. The summed E-state index contributed by atoms with van der Waals surface area (Å²) in [5.41, 5.74) is 4.12. The zero-order valence-electron chi connectivity index (χ0n) is 10.1. The Kier molecular flexibility index (Phi) is 3.40. The van der Waals surface area contributed by atoms with E-state index in [1.807, 2.05) is 18.0 Å². The van der Waals surface area contributed by atoms with Crippen LogP contribution in [0, 0.1) is 6.92 Å². The molecule has 0 radical (unpaired) electrons. The lowest BCUT2D eigenvalue weighted by atomic mass is 10.2. The maximum absolute atomic E-state index is 9.30. The third-order valence-corrected chi connectivity index (χ3v) is 2.84. The number of aromatic nitrogens is 1. The van der Waals surface area contributed by atoms with Crippen LogP contribution in [0.5, 0.6) is 0 Å². The molecule has 1 N–H and O–H groups in total. The summed E-state index contributed by atoms with van der Waals surface area (Å²) in [6, 6.07) is 10.1. The Bertz CT molecular complexity index is 494. The third-order valence-electron chi connectivity index (χ3n) is 2.84. The van der Waals surface area contributed by atoms with Gasteiger partial charge in [-0.1, -0.05) is 17.7 Å². The second-order valence-electron chi connectivity index (χ2n) is 4.06. The summed E-state index contributed by atoms with van der Waals surface area (Å²) in [5, 5.41) is 9.30. The highest BCUT2D eigenvalue weighted by Gasteiger charge is 2.08. The van der Waals surface area contributed by atoms with Gasteiger partial charge in [0.1, 0.15) is 0 Å². The highest BCUT2D eigenvalue weighted by Crippen LogP contribution is 2.26. The number of aliphatic hydroxyl groups excluding tert-OH is 1. The molecule has 0 spiro atoms. The summed E-state index contributed by atoms with van der Waals surface area (Å²) < 4.78 is 0. The van der Waals surface area contributed by atoms with Crippen molar-refractivity contribution >= 4 is 11.4 Å². The second-order valence-corrected chi connectivity index (χ2v) is 4.06. The lowest BCUT2D eigenvalue weighted by Gasteiger charge is -2.21. The molecular weight excluding hydrogens is 212 g/mol. The van der Waals surface area contributed by atoms with Gasteiger partial charge in [0, 0.05) is 24.5 Å². The molecule has 0 bridgehead atoms. The maximum atomic E-state index is 9.30. The predicted molar refractivity (Wildman–Crippen MR) is 69.4 cm³/mol. The van der Waals surface area contributed by atoms with Gasteiger partial charge in [-0.05, 0) is 25.1 Å². The fourth-order valence-corrected chi connectivity index (χ4v) is 1.76. The Morgan fingerprint density at radius 1 is 1.18 bits per heavy atom. The number of rotatable bonds is 3. The number of benzene rings is 1. The molecule has 3 nitrogen and oxygen atoms in total. The van der Waals surface area contributed by atoms with Gasteiger partial charge in [-0.2, -0.15) is 0 Å². The summed E-state index contributed by atoms with van der Waals surface area (Å²) >= 11 is 0. The number of hydrogen-bond donors (Lipinski definition) is 1. The SMILES string of the molecule is Cc1ccc(N(C)c2cnccc2CO)cc1. The van der Waals surface area contributed by atoms with Crippen LogP contribution < -0.4 is 4.90 Å². The minimum absolute atomic E-state index is 0.0219. The fraction of sp³-hybridized carbons (Fsp3) is 0.214. The van der Waals surface area contributed by atoms with Crippen LogP contribution in [0.15, 0.2) is 42.7 Å². The molecule has 0 fully saturated rings. The summed E-state index contributed by atoms with van der Waals surface area (Å²) in [6.07, 6.45) is 3.46. The number of hydrogen-bond acceptors (Lipinski definition) is 3. The molecule has 17 heavy (non-hydrogen) atoms. The average Bonchev–Trinajstić information content (AvgIpc) is 2.39. The topological polar surface area (TPSA) is 36.4 Å². The van der Waals surface area contributed by atoms with E-state index in [4.69, 9.17) is 0 Å². The Labute approximate surface area is 101 Å². The average molecular weight is 228 g/mol. The second kappa shape index (κ2) is 4.97. The molecule has 1 aromatic heterocycles. The van der Waals surface area contributed by atoms with Crippen LogP contribution in [0.2, 0.25) is 0 Å². The van der Waals surface area contributed by atoms with Crippen molar-refractivity contribution in [3.05, 3.63) is 53.9 Å². The maximum Gasteiger partial charge on any atom is 0.0703 e. The lowest BCUT2D eigenvalue weighted by Crippen LogP contribution is -2.12. The third kappa shape index (κ3) is 2.45. The molecule has 0 saturated carbocycles. The smallest absolute Gasteiger partial charge is 0.0703 e. The van der Waals surface area contributed by atoms with Crippen molar-refractivity contribution in [3.8, 4) is 0 Å². The number of aliphatic hydroxyl groups is 1. The van der Waals surface area contributed by atoms with E-state index in [0.29, 0.717) is 0 Å². The zero-order valence-corrected chi connectivity index (χ0v) is 10.1. The van der Waals surface area contributed by atoms with Crippen LogP contribution in [0.1, 0.15) is 11.1 Å². The molecular formula is C14H16N2O. The van der Waals surface area contributed by atoms with Crippen molar-refractivity contribution in [2.75, 3.05) is 11.9 Å². The van der Waals surface area contributed by atoms with Crippen LogP contribution >= 0.6 is 0 Å². The van der Waals surface area contributed by atoms with Gasteiger partial charge in [0.05, 0.1) is 18.5 Å². The highest BCUT2D eigenvalue weighted by molar-refractivity contribution is 5.64. The summed E-state index contributed by atoms with van der Waals surface area (Å²) in [4.78, 5) is 6.13. The molecule has 3 heteroatoms. The van der Waals surface area contributed by atoms with Crippen molar-refractivity contribution in [2.24, 2.45) is 0 Å². The van der Waals surface area contributed by atoms with Gasteiger partial charge in [0.15, 0.2) is 0 Å². The monoisotopic (exact) mass is 228 g/mol. The van der Waals surface area contributed by atoms with Gasteiger partial charge in [-0.15, -0.1) is 0 Å². The van der Waals surface area contributed by atoms with Gasteiger partial charge in [-0.3, -0.25) is 4.98 Å². The molecule has 2 rings (SSSR count). The van der Waals surface area contributed by atoms with E-state index in [1.54, 1.807) is 12.4 Å². The van der Waals surface area contributed by atoms with E-state index in [-0.39, 0.29) is 6.61 Å². The minimum Gasteiger partial charge on any atom is -0.392 e. The first-order valence-electron chi connectivity index (χ1n) is 5.56. The van der Waals surface area contributed by atoms with Crippen LogP contribution in [0.3, 0.4) is 0 Å². The minimum atomic E-state index is 0.0219. The molecule has 0 saturated heterocycles. The molecule has 0 atom stereocenters. The van der Waals surface area contributed by atoms with Gasteiger partial charge in [-0.25, -0.2) is 0 Å². The van der Waals surface area contributed by atoms with E-state index < -0.39 is 0 Å². The molecule has 2 aromatic rings.